The minimum atomic E-state index is -0.709. The summed E-state index contributed by atoms with van der Waals surface area (Å²) in [6, 6.07) is 11.6. The molecule has 0 bridgehead atoms. The number of hydroxylamine groups is 2. The summed E-state index contributed by atoms with van der Waals surface area (Å²) in [6.07, 6.45) is 5.51. The number of aryl methyl sites for hydroxylation is 1. The first-order valence-electron chi connectivity index (χ1n) is 27.0. The number of benzene rings is 1. The van der Waals surface area contributed by atoms with Crippen LogP contribution in [0, 0.1) is 12.8 Å². The lowest BCUT2D eigenvalue weighted by Crippen LogP contribution is -2.42. The lowest BCUT2D eigenvalue weighted by molar-refractivity contribution is -0.198. The van der Waals surface area contributed by atoms with Crippen LogP contribution in [0.1, 0.15) is 93.6 Å². The molecular formula is C54H80N6O16S. The lowest BCUT2D eigenvalue weighted by Gasteiger charge is -2.28. The highest BCUT2D eigenvalue weighted by Crippen LogP contribution is 2.28. The number of carbonyl (C=O) groups is 7. The zero-order valence-corrected chi connectivity index (χ0v) is 45.7. The van der Waals surface area contributed by atoms with E-state index in [-0.39, 0.29) is 74.6 Å². The number of hydrogen-bond acceptors (Lipinski definition) is 17. The van der Waals surface area contributed by atoms with E-state index in [1.807, 2.05) is 60.2 Å². The van der Waals surface area contributed by atoms with Crippen molar-refractivity contribution in [3.8, 4) is 0 Å². The number of fused-ring (bicyclic) bond motifs is 1. The second-order valence-corrected chi connectivity index (χ2v) is 19.4. The first-order valence-corrected chi connectivity index (χ1v) is 27.9. The molecule has 2 aromatic heterocycles. The number of ether oxygens (including phenoxy) is 8. The smallest absolute Gasteiger partial charge is 0.335 e. The molecule has 2 aliphatic rings. The number of carbonyl (C=O) groups excluding carboxylic acids is 7. The van der Waals surface area contributed by atoms with E-state index in [0.717, 1.165) is 40.7 Å². The van der Waals surface area contributed by atoms with E-state index >= 15 is 0 Å². The number of imide groups is 1. The Kier molecular flexibility index (Phi) is 29.8. The predicted molar refractivity (Wildman–Crippen MR) is 285 cm³/mol. The van der Waals surface area contributed by atoms with Gasteiger partial charge in [-0.3, -0.25) is 28.8 Å². The summed E-state index contributed by atoms with van der Waals surface area (Å²) >= 11 is 1.54. The first kappa shape index (κ1) is 62.5. The molecule has 0 unspecified atom stereocenters. The second kappa shape index (κ2) is 36.7. The van der Waals surface area contributed by atoms with Gasteiger partial charge in [0.05, 0.1) is 122 Å². The van der Waals surface area contributed by atoms with Gasteiger partial charge < -0.3 is 68.1 Å². The van der Waals surface area contributed by atoms with Crippen LogP contribution in [0.3, 0.4) is 0 Å². The topological polar surface area (TPSA) is 250 Å². The fourth-order valence-electron chi connectivity index (χ4n) is 8.51. The van der Waals surface area contributed by atoms with Gasteiger partial charge in [-0.05, 0) is 87.6 Å². The molecule has 1 saturated heterocycles. The molecule has 3 N–H and O–H groups in total. The highest BCUT2D eigenvalue weighted by atomic mass is 32.1. The Hall–Kier alpha value is -5.37. The van der Waals surface area contributed by atoms with Crippen LogP contribution < -0.4 is 20.9 Å². The number of anilines is 1. The number of nitrogens with zero attached hydrogens (tertiary/aromatic N) is 3. The van der Waals surface area contributed by atoms with Crippen molar-refractivity contribution in [2.75, 3.05) is 130 Å². The number of nitrogens with one attached hydrogen (secondary N) is 3. The molecule has 0 spiro atoms. The maximum atomic E-state index is 13.7. The Morgan fingerprint density at radius 1 is 0.649 bits per heavy atom. The summed E-state index contributed by atoms with van der Waals surface area (Å²) in [5, 5.41) is 11.6. The van der Waals surface area contributed by atoms with E-state index in [0.29, 0.717) is 155 Å². The Labute approximate surface area is 455 Å². The maximum absolute atomic E-state index is 13.7. The van der Waals surface area contributed by atoms with Gasteiger partial charge in [-0.2, -0.15) is 0 Å². The van der Waals surface area contributed by atoms with Crippen molar-refractivity contribution in [1.29, 1.82) is 0 Å². The van der Waals surface area contributed by atoms with Crippen LogP contribution >= 0.6 is 11.3 Å². The van der Waals surface area contributed by atoms with Crippen LogP contribution in [0.2, 0.25) is 0 Å². The maximum Gasteiger partial charge on any atom is 0.335 e. The molecule has 2 fully saturated rings. The Bertz CT molecular complexity index is 2250. The average molecular weight is 1100 g/mol. The molecule has 428 valence electrons. The number of thiophene rings is 1. The van der Waals surface area contributed by atoms with Crippen molar-refractivity contribution < 1.29 is 76.3 Å². The molecule has 0 radical (unpaired) electrons. The van der Waals surface area contributed by atoms with Crippen molar-refractivity contribution in [2.24, 2.45) is 5.92 Å². The quantitative estimate of drug-likeness (QED) is 0.0530. The van der Waals surface area contributed by atoms with Crippen molar-refractivity contribution in [2.45, 2.75) is 97.1 Å². The summed E-state index contributed by atoms with van der Waals surface area (Å²) in [4.78, 5) is 93.6. The third kappa shape index (κ3) is 23.6. The van der Waals surface area contributed by atoms with Gasteiger partial charge in [-0.15, -0.1) is 16.4 Å². The molecule has 3 heterocycles. The molecule has 0 atom stereocenters. The van der Waals surface area contributed by atoms with Gasteiger partial charge in [0.1, 0.15) is 12.2 Å². The monoisotopic (exact) mass is 1100 g/mol. The highest BCUT2D eigenvalue weighted by molar-refractivity contribution is 7.17. The summed E-state index contributed by atoms with van der Waals surface area (Å²) in [6.45, 7) is 11.6. The first-order chi connectivity index (χ1) is 37.5. The standard InChI is InChI=1S/C54H80N6O16S/c1-3-58(44-9-7-8-41(2)38-44)51(64)40-59-45-18-37-77-47(45)39-46(59)54(67)57-43-13-11-42(12-14-43)53(66)56-19-6-4-5-10-48(61)55-20-22-69-24-26-71-28-30-73-32-34-75-36-35-74-33-31-72-29-27-70-25-23-68-21-17-52(65)76-60-49(62)15-16-50(60)63/h7-9,18,37-39,42-43H,3-6,10-17,19-36,40H2,1-2H3,(H,55,61)(H,56,66)(H,57,67). The zero-order chi connectivity index (χ0) is 54.9. The zero-order valence-electron chi connectivity index (χ0n) is 44.9. The van der Waals surface area contributed by atoms with Crippen LogP contribution in [-0.4, -0.2) is 182 Å². The Morgan fingerprint density at radius 2 is 1.22 bits per heavy atom. The highest BCUT2D eigenvalue weighted by Gasteiger charge is 2.33. The fourth-order valence-corrected chi connectivity index (χ4v) is 9.33. The summed E-state index contributed by atoms with van der Waals surface area (Å²) in [5.41, 5.74) is 3.23. The van der Waals surface area contributed by atoms with Crippen molar-refractivity contribution in [3.63, 3.8) is 0 Å². The molecule has 5 rings (SSSR count). The van der Waals surface area contributed by atoms with E-state index in [2.05, 4.69) is 16.0 Å². The van der Waals surface area contributed by atoms with E-state index in [1.54, 1.807) is 4.90 Å². The molecule has 1 saturated carbocycles. The number of aromatic nitrogens is 1. The fraction of sp³-hybridized carbons (Fsp3) is 0.648. The minimum absolute atomic E-state index is 0.0305. The van der Waals surface area contributed by atoms with Crippen molar-refractivity contribution in [1.82, 2.24) is 25.6 Å². The number of rotatable bonds is 41. The largest absolute Gasteiger partial charge is 0.378 e. The van der Waals surface area contributed by atoms with Crippen LogP contribution in [0.25, 0.3) is 10.2 Å². The van der Waals surface area contributed by atoms with Gasteiger partial charge in [-0.1, -0.05) is 18.6 Å². The van der Waals surface area contributed by atoms with Crippen LogP contribution in [0.15, 0.2) is 41.8 Å². The van der Waals surface area contributed by atoms with Gasteiger partial charge in [0.25, 0.3) is 17.7 Å². The van der Waals surface area contributed by atoms with Crippen LogP contribution in [0.5, 0.6) is 0 Å². The van der Waals surface area contributed by atoms with Crippen LogP contribution in [-0.2, 0) is 78.0 Å². The molecule has 1 aromatic carbocycles. The molecule has 1 aliphatic heterocycles. The van der Waals surface area contributed by atoms with Gasteiger partial charge in [0.15, 0.2) is 0 Å². The van der Waals surface area contributed by atoms with Gasteiger partial charge in [0, 0.05) is 56.5 Å². The normalized spacial score (nSPS) is 15.5. The van der Waals surface area contributed by atoms with Gasteiger partial charge in [-0.25, -0.2) is 4.79 Å². The molecule has 23 heteroatoms. The number of likely N-dealkylation sites (N-methyl/N-ethyl adjacent to an activating group) is 1. The van der Waals surface area contributed by atoms with Gasteiger partial charge in [0.2, 0.25) is 17.7 Å². The van der Waals surface area contributed by atoms with E-state index in [9.17, 15) is 33.6 Å². The number of hydrogen-bond donors (Lipinski definition) is 3. The van der Waals surface area contributed by atoms with E-state index in [4.69, 9.17) is 42.7 Å². The Morgan fingerprint density at radius 3 is 1.79 bits per heavy atom. The molecular weight excluding hydrogens is 1020 g/mol. The van der Waals surface area contributed by atoms with E-state index in [1.165, 1.54) is 11.3 Å². The summed E-state index contributed by atoms with van der Waals surface area (Å²) < 4.78 is 46.5. The number of unbranched alkanes of at least 4 members (excludes halogenated alkanes) is 2. The van der Waals surface area contributed by atoms with E-state index < -0.39 is 17.8 Å². The minimum Gasteiger partial charge on any atom is -0.378 e. The lowest BCUT2D eigenvalue weighted by atomic mass is 9.85. The molecule has 1 aliphatic carbocycles. The SMILES string of the molecule is CCN(C(=O)Cn1c(C(=O)NC2CCC(C(=O)NCCCCCC(=O)NCCOCCOCCOCCOCCOCCOCCOCCOCCC(=O)ON3C(=O)CCC3=O)CC2)cc2sccc21)c1cccc(C)c1. The van der Waals surface area contributed by atoms with Gasteiger partial charge >= 0.3 is 5.97 Å². The summed E-state index contributed by atoms with van der Waals surface area (Å²) in [7, 11) is 0. The second-order valence-electron chi connectivity index (χ2n) is 18.4. The summed E-state index contributed by atoms with van der Waals surface area (Å²) in [5.74, 6) is -2.14. The molecule has 22 nitrogen and oxygen atoms in total. The Balaban J connectivity index is 0.736. The molecule has 3 aromatic rings. The van der Waals surface area contributed by atoms with Crippen LogP contribution in [0.4, 0.5) is 5.69 Å². The molecule has 77 heavy (non-hydrogen) atoms. The van der Waals surface area contributed by atoms with Crippen molar-refractivity contribution in [3.05, 3.63) is 53.0 Å². The van der Waals surface area contributed by atoms with Crippen molar-refractivity contribution >= 4 is 68.7 Å². The third-order valence-electron chi connectivity index (χ3n) is 12.6. The predicted octanol–water partition coefficient (Wildman–Crippen LogP) is 4.28. The average Bonchev–Trinajstić information content (AvgIpc) is 4.18. The number of amides is 6. The molecule has 6 amide bonds. The third-order valence-corrected chi connectivity index (χ3v) is 13.5.